The van der Waals surface area contributed by atoms with E-state index in [0.29, 0.717) is 15.9 Å². The van der Waals surface area contributed by atoms with Gasteiger partial charge in [0.25, 0.3) is 12.1 Å². The van der Waals surface area contributed by atoms with Crippen LogP contribution in [-0.2, 0) is 4.79 Å². The first-order valence-corrected chi connectivity index (χ1v) is 12.9. The lowest BCUT2D eigenvalue weighted by molar-refractivity contribution is -0.759. The molecule has 2 aliphatic heterocycles. The summed E-state index contributed by atoms with van der Waals surface area (Å²) in [6.45, 7) is 1.77. The molecule has 0 radical (unpaired) electrons. The number of anilines is 1. The van der Waals surface area contributed by atoms with Crippen LogP contribution in [0.15, 0.2) is 81.0 Å². The molecule has 2 aromatic carbocycles. The molecule has 11 heteroatoms. The first-order chi connectivity index (χ1) is 17.6. The van der Waals surface area contributed by atoms with Gasteiger partial charge in [0, 0.05) is 10.8 Å². The maximum atomic E-state index is 13.3. The van der Waals surface area contributed by atoms with Crippen LogP contribution < -0.4 is 19.8 Å². The van der Waals surface area contributed by atoms with Gasteiger partial charge in [-0.3, -0.25) is 14.2 Å². The number of carbonyl (C=O) groups is 1. The molecule has 36 heavy (non-hydrogen) atoms. The number of carbonyl (C=O) groups excluding carboxylic acids is 1. The summed E-state index contributed by atoms with van der Waals surface area (Å²) in [6, 6.07) is 16.3. The number of hydrogen-bond donors (Lipinski definition) is 0. The van der Waals surface area contributed by atoms with Gasteiger partial charge in [-0.05, 0) is 61.1 Å². The van der Waals surface area contributed by atoms with Gasteiger partial charge in [0.05, 0.1) is 23.6 Å². The van der Waals surface area contributed by atoms with E-state index in [1.54, 1.807) is 35.3 Å². The number of aromatic nitrogens is 2. The number of piperidine rings is 1. The van der Waals surface area contributed by atoms with Gasteiger partial charge in [0.15, 0.2) is 5.17 Å². The van der Waals surface area contributed by atoms with Crippen molar-refractivity contribution in [1.82, 2.24) is 5.27 Å². The molecule has 0 bridgehead atoms. The minimum absolute atomic E-state index is 0.0235. The van der Waals surface area contributed by atoms with Crippen molar-refractivity contribution >= 4 is 58.0 Å². The monoisotopic (exact) mass is 522 g/mol. The summed E-state index contributed by atoms with van der Waals surface area (Å²) in [5.41, 5.74) is 1.67. The minimum Gasteiger partial charge on any atom is -0.861 e. The van der Waals surface area contributed by atoms with Gasteiger partial charge in [-0.2, -0.15) is 5.01 Å². The third-order valence-electron chi connectivity index (χ3n) is 5.62. The molecule has 0 unspecified atom stereocenters. The molecule has 3 heterocycles. The maximum absolute atomic E-state index is 13.3. The Balaban J connectivity index is 1.34. The standard InChI is InChI=1S/C25H23ClN6O3S/c26-19-9-7-8-18(14-19)15-21-24(34)32(20-10-3-1-4-11-20)25(27-21)36-17-22(33)28-23-16-31(29-35-23)30-12-5-2-6-13-30/h1,3-4,7-11,14-16H,2,5-6,12-13,17H2/b21-15+. The zero-order valence-corrected chi connectivity index (χ0v) is 20.9. The molecule has 5 rings (SSSR count). The van der Waals surface area contributed by atoms with Crippen molar-refractivity contribution < 1.29 is 19.2 Å². The zero-order valence-electron chi connectivity index (χ0n) is 19.3. The van der Waals surface area contributed by atoms with Crippen LogP contribution >= 0.6 is 23.4 Å². The molecule has 1 saturated heterocycles. The van der Waals surface area contributed by atoms with E-state index in [1.165, 1.54) is 11.3 Å². The van der Waals surface area contributed by atoms with Crippen LogP contribution in [0, 0.1) is 0 Å². The van der Waals surface area contributed by atoms with Gasteiger partial charge in [0.1, 0.15) is 5.70 Å². The second kappa shape index (κ2) is 11.0. The van der Waals surface area contributed by atoms with Gasteiger partial charge in [-0.15, -0.1) is 0 Å². The molecule has 0 aliphatic carbocycles. The van der Waals surface area contributed by atoms with Crippen molar-refractivity contribution in [2.75, 3.05) is 28.8 Å². The number of amides is 1. The van der Waals surface area contributed by atoms with Crippen molar-refractivity contribution in [1.29, 1.82) is 0 Å². The highest BCUT2D eigenvalue weighted by atomic mass is 35.5. The van der Waals surface area contributed by atoms with Crippen molar-refractivity contribution in [3.63, 3.8) is 0 Å². The van der Waals surface area contributed by atoms with Gasteiger partial charge < -0.3 is 5.11 Å². The lowest BCUT2D eigenvalue weighted by Gasteiger charge is -2.18. The van der Waals surface area contributed by atoms with E-state index in [0.717, 1.165) is 43.3 Å². The highest BCUT2D eigenvalue weighted by molar-refractivity contribution is 8.14. The fraction of sp³-hybridized carbons (Fsp3) is 0.240. The molecule has 0 N–H and O–H groups in total. The van der Waals surface area contributed by atoms with Crippen LogP contribution in [0.4, 0.5) is 11.6 Å². The van der Waals surface area contributed by atoms with Gasteiger partial charge in [0.2, 0.25) is 5.27 Å². The Labute approximate surface area is 217 Å². The van der Waals surface area contributed by atoms with Gasteiger partial charge >= 0.3 is 5.88 Å². The molecule has 184 valence electrons. The highest BCUT2D eigenvalue weighted by Gasteiger charge is 2.32. The van der Waals surface area contributed by atoms with Crippen LogP contribution in [0.3, 0.4) is 0 Å². The predicted molar refractivity (Wildman–Crippen MR) is 139 cm³/mol. The summed E-state index contributed by atoms with van der Waals surface area (Å²) in [5.74, 6) is -0.593. The Kier molecular flexibility index (Phi) is 7.33. The van der Waals surface area contributed by atoms with E-state index in [1.807, 2.05) is 36.4 Å². The Bertz CT molecular complexity index is 1330. The molecule has 0 saturated carbocycles. The van der Waals surface area contributed by atoms with Crippen LogP contribution in [-0.4, -0.2) is 41.1 Å². The number of thioether (sulfide) groups is 1. The van der Waals surface area contributed by atoms with E-state index in [2.05, 4.69) is 20.3 Å². The normalized spacial score (nSPS) is 17.7. The summed E-state index contributed by atoms with van der Waals surface area (Å²) in [4.78, 5) is 24.9. The largest absolute Gasteiger partial charge is 0.861 e. The Morgan fingerprint density at radius 2 is 1.97 bits per heavy atom. The van der Waals surface area contributed by atoms with Crippen molar-refractivity contribution in [3.8, 4) is 0 Å². The second-order valence-electron chi connectivity index (χ2n) is 8.22. The summed E-state index contributed by atoms with van der Waals surface area (Å²) < 4.78 is 5.22. The third kappa shape index (κ3) is 5.60. The fourth-order valence-corrected chi connectivity index (χ4v) is 4.92. The fourth-order valence-electron chi connectivity index (χ4n) is 3.93. The Morgan fingerprint density at radius 1 is 1.17 bits per heavy atom. The SMILES string of the molecule is O=C1/C(=C\c2cccc(Cl)c2)N=C(SC/C([O-])=N\c2c[n+](N3CCCCC3)no2)N1c1ccccc1. The van der Waals surface area contributed by atoms with E-state index in [9.17, 15) is 9.90 Å². The van der Waals surface area contributed by atoms with E-state index >= 15 is 0 Å². The van der Waals surface area contributed by atoms with E-state index in [-0.39, 0.29) is 23.2 Å². The zero-order chi connectivity index (χ0) is 24.9. The molecule has 0 atom stereocenters. The topological polar surface area (TPSA) is 101 Å². The van der Waals surface area contributed by atoms with Gasteiger partial charge in [-0.1, -0.05) is 53.7 Å². The van der Waals surface area contributed by atoms with E-state index < -0.39 is 5.90 Å². The van der Waals surface area contributed by atoms with Crippen LogP contribution in [0.25, 0.3) is 6.08 Å². The number of halogens is 1. The number of rotatable bonds is 6. The Morgan fingerprint density at radius 3 is 2.75 bits per heavy atom. The first-order valence-electron chi connectivity index (χ1n) is 11.5. The summed E-state index contributed by atoms with van der Waals surface area (Å²) in [6.07, 6.45) is 6.66. The second-order valence-corrected chi connectivity index (χ2v) is 9.60. The van der Waals surface area contributed by atoms with Crippen molar-refractivity contribution in [2.24, 2.45) is 9.98 Å². The quantitative estimate of drug-likeness (QED) is 0.213. The molecule has 1 amide bonds. The number of amidine groups is 1. The predicted octanol–water partition coefficient (Wildman–Crippen LogP) is 3.30. The molecular weight excluding hydrogens is 500 g/mol. The smallest absolute Gasteiger partial charge is 0.324 e. The molecule has 3 aromatic rings. The number of benzene rings is 2. The molecule has 1 fully saturated rings. The van der Waals surface area contributed by atoms with E-state index in [4.69, 9.17) is 16.1 Å². The average Bonchev–Trinajstić information content (AvgIpc) is 3.48. The number of aliphatic imine (C=N–C) groups is 2. The molecule has 0 spiro atoms. The van der Waals surface area contributed by atoms with Crippen LogP contribution in [0.2, 0.25) is 5.02 Å². The lowest BCUT2D eigenvalue weighted by atomic mass is 10.2. The molecular formula is C25H23ClN6O3S. The summed E-state index contributed by atoms with van der Waals surface area (Å²) in [5, 5.41) is 19.6. The van der Waals surface area contributed by atoms with Gasteiger partial charge in [-0.25, -0.2) is 9.98 Å². The summed E-state index contributed by atoms with van der Waals surface area (Å²) in [7, 11) is 0. The Hall–Kier alpha value is -3.63. The average molecular weight is 523 g/mol. The number of nitrogens with zero attached hydrogens (tertiary/aromatic N) is 6. The highest BCUT2D eigenvalue weighted by Crippen LogP contribution is 2.29. The van der Waals surface area contributed by atoms with Crippen molar-refractivity contribution in [2.45, 2.75) is 19.3 Å². The maximum Gasteiger partial charge on any atom is 0.324 e. The molecule has 9 nitrogen and oxygen atoms in total. The molecule has 2 aliphatic rings. The van der Waals surface area contributed by atoms with Crippen LogP contribution in [0.5, 0.6) is 0 Å². The lowest BCUT2D eigenvalue weighted by Crippen LogP contribution is -2.60. The van der Waals surface area contributed by atoms with Crippen molar-refractivity contribution in [3.05, 3.63) is 77.1 Å². The summed E-state index contributed by atoms with van der Waals surface area (Å²) >= 11 is 7.22. The first kappa shape index (κ1) is 24.1. The number of para-hydroxylation sites is 1. The van der Waals surface area contributed by atoms with Crippen LogP contribution in [0.1, 0.15) is 24.8 Å². The molecule has 1 aromatic heterocycles. The third-order valence-corrected chi connectivity index (χ3v) is 6.78. The number of hydrogen-bond acceptors (Lipinski definition) is 8. The minimum atomic E-state index is -0.419.